The van der Waals surface area contributed by atoms with E-state index in [1.807, 2.05) is 6.92 Å². The molecule has 1 saturated heterocycles. The fourth-order valence-electron chi connectivity index (χ4n) is 2.48. The lowest BCUT2D eigenvalue weighted by atomic mass is 10.0. The number of carbonyl (C=O) groups excluding carboxylic acids is 1. The van der Waals surface area contributed by atoms with Crippen molar-refractivity contribution in [1.29, 1.82) is 0 Å². The molecule has 104 valence electrons. The number of anilines is 1. The summed E-state index contributed by atoms with van der Waals surface area (Å²) in [6.45, 7) is 3.95. The Bertz CT molecular complexity index is 516. The maximum Gasteiger partial charge on any atom is 0.274 e. The standard InChI is InChI=1S/C14H21N3O2/c1-10-7-12(14(19)17(2)9-10)16-13(18)4-3-11-5-6-15-8-11/h7,9,11,15H,3-6,8H2,1-2H3,(H,16,18). The number of nitrogens with one attached hydrogen (secondary N) is 2. The summed E-state index contributed by atoms with van der Waals surface area (Å²) in [6.07, 6.45) is 4.25. The van der Waals surface area contributed by atoms with Gasteiger partial charge in [0, 0.05) is 19.7 Å². The Hall–Kier alpha value is -1.62. The van der Waals surface area contributed by atoms with Crippen LogP contribution in [0, 0.1) is 12.8 Å². The summed E-state index contributed by atoms with van der Waals surface area (Å²) in [6, 6.07) is 1.72. The third kappa shape index (κ3) is 3.67. The Kier molecular flexibility index (Phi) is 4.37. The highest BCUT2D eigenvalue weighted by atomic mass is 16.2. The quantitative estimate of drug-likeness (QED) is 0.852. The van der Waals surface area contributed by atoms with Crippen molar-refractivity contribution in [1.82, 2.24) is 9.88 Å². The fourth-order valence-corrected chi connectivity index (χ4v) is 2.48. The molecule has 0 radical (unpaired) electrons. The number of hydrogen-bond donors (Lipinski definition) is 2. The van der Waals surface area contributed by atoms with Gasteiger partial charge < -0.3 is 15.2 Å². The van der Waals surface area contributed by atoms with Gasteiger partial charge in [-0.2, -0.15) is 0 Å². The van der Waals surface area contributed by atoms with Crippen LogP contribution < -0.4 is 16.2 Å². The number of rotatable bonds is 4. The molecule has 19 heavy (non-hydrogen) atoms. The normalized spacial score (nSPS) is 18.5. The molecule has 0 aliphatic carbocycles. The molecule has 1 fully saturated rings. The van der Waals surface area contributed by atoms with E-state index >= 15 is 0 Å². The smallest absolute Gasteiger partial charge is 0.274 e. The van der Waals surface area contributed by atoms with E-state index in [0.717, 1.165) is 31.5 Å². The van der Waals surface area contributed by atoms with Crippen LogP contribution in [-0.2, 0) is 11.8 Å². The van der Waals surface area contributed by atoms with Crippen LogP contribution in [0.15, 0.2) is 17.1 Å². The van der Waals surface area contributed by atoms with E-state index in [1.54, 1.807) is 19.3 Å². The minimum Gasteiger partial charge on any atom is -0.321 e. The Morgan fingerprint density at radius 2 is 2.37 bits per heavy atom. The Morgan fingerprint density at radius 1 is 1.58 bits per heavy atom. The van der Waals surface area contributed by atoms with Gasteiger partial charge in [-0.15, -0.1) is 0 Å². The number of aromatic nitrogens is 1. The van der Waals surface area contributed by atoms with Gasteiger partial charge in [0.2, 0.25) is 5.91 Å². The summed E-state index contributed by atoms with van der Waals surface area (Å²) >= 11 is 0. The van der Waals surface area contributed by atoms with Crippen molar-refractivity contribution in [2.75, 3.05) is 18.4 Å². The molecule has 2 rings (SSSR count). The first-order chi connectivity index (χ1) is 9.06. The highest BCUT2D eigenvalue weighted by Gasteiger charge is 2.16. The molecule has 1 unspecified atom stereocenters. The van der Waals surface area contributed by atoms with Gasteiger partial charge in [0.25, 0.3) is 5.56 Å². The summed E-state index contributed by atoms with van der Waals surface area (Å²) < 4.78 is 1.49. The van der Waals surface area contributed by atoms with Crippen molar-refractivity contribution in [3.05, 3.63) is 28.2 Å². The van der Waals surface area contributed by atoms with E-state index in [9.17, 15) is 9.59 Å². The predicted octanol–water partition coefficient (Wildman–Crippen LogP) is 1.02. The lowest BCUT2D eigenvalue weighted by Crippen LogP contribution is -2.24. The number of amides is 1. The second-order valence-electron chi connectivity index (χ2n) is 5.29. The monoisotopic (exact) mass is 263 g/mol. The molecular formula is C14H21N3O2. The van der Waals surface area contributed by atoms with Crippen molar-refractivity contribution in [3.63, 3.8) is 0 Å². The van der Waals surface area contributed by atoms with Crippen molar-refractivity contribution >= 4 is 11.6 Å². The lowest BCUT2D eigenvalue weighted by Gasteiger charge is -2.10. The van der Waals surface area contributed by atoms with Gasteiger partial charge in [0.05, 0.1) is 0 Å². The van der Waals surface area contributed by atoms with Gasteiger partial charge in [-0.05, 0) is 50.4 Å². The van der Waals surface area contributed by atoms with Crippen LogP contribution in [0.4, 0.5) is 5.69 Å². The predicted molar refractivity (Wildman–Crippen MR) is 75.3 cm³/mol. The molecule has 0 saturated carbocycles. The van der Waals surface area contributed by atoms with E-state index in [2.05, 4.69) is 10.6 Å². The number of pyridine rings is 1. The maximum atomic E-state index is 11.9. The maximum absolute atomic E-state index is 11.9. The number of hydrogen-bond acceptors (Lipinski definition) is 3. The highest BCUT2D eigenvalue weighted by Crippen LogP contribution is 2.14. The number of nitrogens with zero attached hydrogens (tertiary/aromatic N) is 1. The third-order valence-corrected chi connectivity index (χ3v) is 3.54. The first-order valence-corrected chi connectivity index (χ1v) is 6.74. The van der Waals surface area contributed by atoms with Crippen molar-refractivity contribution < 1.29 is 4.79 Å². The second-order valence-corrected chi connectivity index (χ2v) is 5.29. The van der Waals surface area contributed by atoms with Crippen molar-refractivity contribution in [2.45, 2.75) is 26.2 Å². The van der Waals surface area contributed by atoms with Crippen LogP contribution in [-0.4, -0.2) is 23.6 Å². The van der Waals surface area contributed by atoms with E-state index < -0.39 is 0 Å². The van der Waals surface area contributed by atoms with Crippen LogP contribution in [0.2, 0.25) is 0 Å². The van der Waals surface area contributed by atoms with Crippen LogP contribution in [0.3, 0.4) is 0 Å². The molecule has 5 heteroatoms. The lowest BCUT2D eigenvalue weighted by molar-refractivity contribution is -0.116. The Balaban J connectivity index is 1.93. The van der Waals surface area contributed by atoms with E-state index in [-0.39, 0.29) is 11.5 Å². The second kappa shape index (κ2) is 6.02. The zero-order valence-electron chi connectivity index (χ0n) is 11.5. The summed E-state index contributed by atoms with van der Waals surface area (Å²) in [5, 5.41) is 6.01. The molecule has 0 bridgehead atoms. The molecule has 1 aromatic heterocycles. The third-order valence-electron chi connectivity index (χ3n) is 3.54. The Morgan fingerprint density at radius 3 is 3.05 bits per heavy atom. The molecule has 2 heterocycles. The van der Waals surface area contributed by atoms with Gasteiger partial charge >= 0.3 is 0 Å². The molecule has 1 aliphatic heterocycles. The van der Waals surface area contributed by atoms with Crippen molar-refractivity contribution in [2.24, 2.45) is 13.0 Å². The highest BCUT2D eigenvalue weighted by molar-refractivity contribution is 5.90. The van der Waals surface area contributed by atoms with Gasteiger partial charge in [-0.3, -0.25) is 9.59 Å². The van der Waals surface area contributed by atoms with E-state index in [1.165, 1.54) is 4.57 Å². The topological polar surface area (TPSA) is 63.1 Å². The molecule has 0 aromatic carbocycles. The van der Waals surface area contributed by atoms with Crippen LogP contribution in [0.25, 0.3) is 0 Å². The molecule has 1 aliphatic rings. The summed E-state index contributed by atoms with van der Waals surface area (Å²) in [5.41, 5.74) is 1.16. The first-order valence-electron chi connectivity index (χ1n) is 6.74. The molecule has 2 N–H and O–H groups in total. The Labute approximate surface area is 113 Å². The van der Waals surface area contributed by atoms with E-state index in [4.69, 9.17) is 0 Å². The summed E-state index contributed by atoms with van der Waals surface area (Å²) in [7, 11) is 1.69. The number of carbonyl (C=O) groups is 1. The van der Waals surface area contributed by atoms with Gasteiger partial charge in [-0.1, -0.05) is 0 Å². The van der Waals surface area contributed by atoms with Crippen LogP contribution >= 0.6 is 0 Å². The fraction of sp³-hybridized carbons (Fsp3) is 0.571. The average molecular weight is 263 g/mol. The number of aryl methyl sites for hydroxylation is 2. The largest absolute Gasteiger partial charge is 0.321 e. The molecule has 5 nitrogen and oxygen atoms in total. The zero-order valence-corrected chi connectivity index (χ0v) is 11.5. The summed E-state index contributed by atoms with van der Waals surface area (Å²) in [5.74, 6) is 0.515. The SMILES string of the molecule is Cc1cc(NC(=O)CCC2CCNC2)c(=O)n(C)c1. The minimum absolute atomic E-state index is 0.0744. The zero-order chi connectivity index (χ0) is 13.8. The van der Waals surface area contributed by atoms with Crippen LogP contribution in [0.5, 0.6) is 0 Å². The van der Waals surface area contributed by atoms with Gasteiger partial charge in [-0.25, -0.2) is 0 Å². The first kappa shape index (κ1) is 13.8. The van der Waals surface area contributed by atoms with Crippen molar-refractivity contribution in [3.8, 4) is 0 Å². The molecule has 1 atom stereocenters. The molecule has 0 spiro atoms. The van der Waals surface area contributed by atoms with Gasteiger partial charge in [0.15, 0.2) is 0 Å². The molecule has 1 amide bonds. The molecular weight excluding hydrogens is 242 g/mol. The minimum atomic E-state index is -0.165. The average Bonchev–Trinajstić information content (AvgIpc) is 2.86. The molecule has 1 aromatic rings. The van der Waals surface area contributed by atoms with Crippen LogP contribution in [0.1, 0.15) is 24.8 Å². The van der Waals surface area contributed by atoms with E-state index in [0.29, 0.717) is 18.0 Å². The van der Waals surface area contributed by atoms with Gasteiger partial charge in [0.1, 0.15) is 5.69 Å². The summed E-state index contributed by atoms with van der Waals surface area (Å²) in [4.78, 5) is 23.7.